The molecule has 0 heterocycles. The molecule has 2 aromatic rings. The van der Waals surface area contributed by atoms with Crippen molar-refractivity contribution in [1.29, 1.82) is 0 Å². The van der Waals surface area contributed by atoms with Crippen molar-refractivity contribution in [3.63, 3.8) is 0 Å². The molecule has 4 heteroatoms. The molecule has 0 saturated heterocycles. The first-order valence-corrected chi connectivity index (χ1v) is 8.25. The van der Waals surface area contributed by atoms with Crippen molar-refractivity contribution in [2.75, 3.05) is 20.3 Å². The fraction of sp³-hybridized carbons (Fsp3) is 0.350. The van der Waals surface area contributed by atoms with Gasteiger partial charge in [0.2, 0.25) is 0 Å². The lowest BCUT2D eigenvalue weighted by molar-refractivity contribution is 0.0918. The van der Waals surface area contributed by atoms with Crippen LogP contribution in [0.3, 0.4) is 0 Å². The van der Waals surface area contributed by atoms with Crippen LogP contribution in [0.15, 0.2) is 48.5 Å². The number of rotatable bonds is 8. The summed E-state index contributed by atoms with van der Waals surface area (Å²) in [6.45, 7) is 2.72. The van der Waals surface area contributed by atoms with E-state index in [0.717, 1.165) is 23.1 Å². The number of ether oxygens (including phenoxy) is 1. The summed E-state index contributed by atoms with van der Waals surface area (Å²) in [4.78, 5) is 12.3. The van der Waals surface area contributed by atoms with Crippen LogP contribution in [0.5, 0.6) is 0 Å². The van der Waals surface area contributed by atoms with Gasteiger partial charge in [-0.15, -0.1) is 0 Å². The van der Waals surface area contributed by atoms with Crippen LogP contribution in [0, 0.1) is 0 Å². The predicted octanol–water partition coefficient (Wildman–Crippen LogP) is 3.04. The molecule has 128 valence electrons. The maximum atomic E-state index is 12.3. The fourth-order valence-electron chi connectivity index (χ4n) is 2.44. The van der Waals surface area contributed by atoms with E-state index in [2.05, 4.69) is 5.32 Å². The van der Waals surface area contributed by atoms with E-state index in [4.69, 9.17) is 9.84 Å². The number of carbonyl (C=O) groups excluding carboxylic acids is 1. The number of aliphatic hydroxyl groups is 1. The van der Waals surface area contributed by atoms with Crippen LogP contribution in [-0.4, -0.2) is 37.4 Å². The zero-order valence-electron chi connectivity index (χ0n) is 14.3. The molecule has 24 heavy (non-hydrogen) atoms. The minimum Gasteiger partial charge on any atom is -0.396 e. The summed E-state index contributed by atoms with van der Waals surface area (Å²) in [5.41, 5.74) is 3.81. The molecule has 0 aliphatic rings. The van der Waals surface area contributed by atoms with E-state index in [1.165, 1.54) is 0 Å². The van der Waals surface area contributed by atoms with E-state index in [-0.39, 0.29) is 18.6 Å². The second kappa shape index (κ2) is 9.21. The SMILES string of the molecule is COC(C)CCNC(=O)c1cccc(-c2ccc(CCO)cc2)c1. The first-order valence-electron chi connectivity index (χ1n) is 8.25. The molecule has 2 aromatic carbocycles. The maximum absolute atomic E-state index is 12.3. The Bertz CT molecular complexity index is 652. The van der Waals surface area contributed by atoms with E-state index in [1.807, 2.05) is 55.5 Å². The molecular formula is C20H25NO3. The largest absolute Gasteiger partial charge is 0.396 e. The molecule has 1 atom stereocenters. The van der Waals surface area contributed by atoms with Crippen LogP contribution in [0.4, 0.5) is 0 Å². The minimum absolute atomic E-state index is 0.0722. The molecule has 0 fully saturated rings. The minimum atomic E-state index is -0.0722. The molecule has 0 aliphatic carbocycles. The molecule has 2 N–H and O–H groups in total. The van der Waals surface area contributed by atoms with Crippen LogP contribution < -0.4 is 5.32 Å². The zero-order valence-corrected chi connectivity index (χ0v) is 14.3. The van der Waals surface area contributed by atoms with Crippen molar-refractivity contribution in [3.05, 3.63) is 59.7 Å². The molecule has 2 rings (SSSR count). The lowest BCUT2D eigenvalue weighted by atomic mass is 10.0. The third-order valence-corrected chi connectivity index (χ3v) is 4.05. The van der Waals surface area contributed by atoms with E-state index >= 15 is 0 Å². The number of carbonyl (C=O) groups is 1. The first-order chi connectivity index (χ1) is 11.6. The topological polar surface area (TPSA) is 58.6 Å². The molecule has 4 nitrogen and oxygen atoms in total. The quantitative estimate of drug-likeness (QED) is 0.783. The molecule has 1 amide bonds. The van der Waals surface area contributed by atoms with Crippen molar-refractivity contribution < 1.29 is 14.6 Å². The monoisotopic (exact) mass is 327 g/mol. The first kappa shape index (κ1) is 18.2. The van der Waals surface area contributed by atoms with E-state index < -0.39 is 0 Å². The lowest BCUT2D eigenvalue weighted by Crippen LogP contribution is -2.26. The Kier molecular flexibility index (Phi) is 6.97. The number of methoxy groups -OCH3 is 1. The Morgan fingerprint density at radius 3 is 2.58 bits per heavy atom. The summed E-state index contributed by atoms with van der Waals surface area (Å²) >= 11 is 0. The summed E-state index contributed by atoms with van der Waals surface area (Å²) in [6.07, 6.45) is 1.57. The highest BCUT2D eigenvalue weighted by Gasteiger charge is 2.08. The van der Waals surface area contributed by atoms with E-state index in [0.29, 0.717) is 18.5 Å². The van der Waals surface area contributed by atoms with Crippen LogP contribution in [0.2, 0.25) is 0 Å². The normalized spacial score (nSPS) is 12.0. The van der Waals surface area contributed by atoms with Crippen LogP contribution in [0.1, 0.15) is 29.3 Å². The molecule has 0 aromatic heterocycles. The van der Waals surface area contributed by atoms with Gasteiger partial charge in [0.25, 0.3) is 5.91 Å². The van der Waals surface area contributed by atoms with Gasteiger partial charge in [0, 0.05) is 25.8 Å². The van der Waals surface area contributed by atoms with Crippen LogP contribution >= 0.6 is 0 Å². The number of benzene rings is 2. The number of hydrogen-bond donors (Lipinski definition) is 2. The Labute approximate surface area is 143 Å². The molecular weight excluding hydrogens is 302 g/mol. The molecule has 0 bridgehead atoms. The highest BCUT2D eigenvalue weighted by molar-refractivity contribution is 5.95. The van der Waals surface area contributed by atoms with Crippen molar-refractivity contribution in [2.24, 2.45) is 0 Å². The van der Waals surface area contributed by atoms with Gasteiger partial charge in [0.1, 0.15) is 0 Å². The molecule has 0 saturated carbocycles. The second-order valence-corrected chi connectivity index (χ2v) is 5.84. The van der Waals surface area contributed by atoms with Gasteiger partial charge in [0.05, 0.1) is 6.10 Å². The van der Waals surface area contributed by atoms with Crippen molar-refractivity contribution >= 4 is 5.91 Å². The van der Waals surface area contributed by atoms with E-state index in [9.17, 15) is 4.79 Å². The Morgan fingerprint density at radius 2 is 1.92 bits per heavy atom. The van der Waals surface area contributed by atoms with Gasteiger partial charge in [-0.25, -0.2) is 0 Å². The number of aliphatic hydroxyl groups excluding tert-OH is 1. The average Bonchev–Trinajstić information content (AvgIpc) is 2.62. The summed E-state index contributed by atoms with van der Waals surface area (Å²) in [5.74, 6) is -0.0722. The Hall–Kier alpha value is -2.17. The van der Waals surface area contributed by atoms with Crippen LogP contribution in [0.25, 0.3) is 11.1 Å². The molecule has 1 unspecified atom stereocenters. The van der Waals surface area contributed by atoms with Gasteiger partial charge in [-0.1, -0.05) is 36.4 Å². The van der Waals surface area contributed by atoms with Gasteiger partial charge >= 0.3 is 0 Å². The van der Waals surface area contributed by atoms with Crippen LogP contribution in [-0.2, 0) is 11.2 Å². The van der Waals surface area contributed by atoms with Crippen molar-refractivity contribution in [2.45, 2.75) is 25.9 Å². The third-order valence-electron chi connectivity index (χ3n) is 4.05. The predicted molar refractivity (Wildman–Crippen MR) is 96.1 cm³/mol. The number of nitrogens with one attached hydrogen (secondary N) is 1. The summed E-state index contributed by atoms with van der Waals surface area (Å²) < 4.78 is 5.17. The van der Waals surface area contributed by atoms with Gasteiger partial charge in [-0.3, -0.25) is 4.79 Å². The lowest BCUT2D eigenvalue weighted by Gasteiger charge is -2.11. The highest BCUT2D eigenvalue weighted by Crippen LogP contribution is 2.21. The molecule has 0 aliphatic heterocycles. The molecule has 0 radical (unpaired) electrons. The number of hydrogen-bond acceptors (Lipinski definition) is 3. The van der Waals surface area contributed by atoms with Gasteiger partial charge in [-0.05, 0) is 48.6 Å². The third kappa shape index (κ3) is 5.18. The highest BCUT2D eigenvalue weighted by atomic mass is 16.5. The summed E-state index contributed by atoms with van der Waals surface area (Å²) in [5, 5.41) is 11.9. The summed E-state index contributed by atoms with van der Waals surface area (Å²) in [6, 6.07) is 15.6. The van der Waals surface area contributed by atoms with Gasteiger partial charge < -0.3 is 15.2 Å². The Morgan fingerprint density at radius 1 is 1.17 bits per heavy atom. The Balaban J connectivity index is 2.03. The molecule has 0 spiro atoms. The van der Waals surface area contributed by atoms with Crippen molar-refractivity contribution in [3.8, 4) is 11.1 Å². The summed E-state index contributed by atoms with van der Waals surface area (Å²) in [7, 11) is 1.67. The number of amides is 1. The smallest absolute Gasteiger partial charge is 0.251 e. The fourth-order valence-corrected chi connectivity index (χ4v) is 2.44. The average molecular weight is 327 g/mol. The van der Waals surface area contributed by atoms with Crippen molar-refractivity contribution in [1.82, 2.24) is 5.32 Å². The van der Waals surface area contributed by atoms with Gasteiger partial charge in [0.15, 0.2) is 0 Å². The van der Waals surface area contributed by atoms with E-state index in [1.54, 1.807) is 7.11 Å². The second-order valence-electron chi connectivity index (χ2n) is 5.84. The van der Waals surface area contributed by atoms with Gasteiger partial charge in [-0.2, -0.15) is 0 Å². The standard InChI is InChI=1S/C20H25NO3/c1-15(24-2)10-12-21-20(23)19-5-3-4-18(14-19)17-8-6-16(7-9-17)11-13-22/h3-9,14-15,22H,10-13H2,1-2H3,(H,21,23). The zero-order chi connectivity index (χ0) is 17.4. The maximum Gasteiger partial charge on any atom is 0.251 e.